The molecule has 2 unspecified atom stereocenters. The van der Waals surface area contributed by atoms with Gasteiger partial charge >= 0.3 is 0 Å². The topological polar surface area (TPSA) is 30.9 Å². The van der Waals surface area contributed by atoms with Gasteiger partial charge in [-0.25, -0.2) is 4.99 Å². The molecule has 0 bridgehead atoms. The van der Waals surface area contributed by atoms with Crippen molar-refractivity contribution in [1.82, 2.24) is 4.90 Å². The van der Waals surface area contributed by atoms with Gasteiger partial charge in [-0.1, -0.05) is 101 Å². The Morgan fingerprint density at radius 3 is 2.07 bits per heavy atom. The van der Waals surface area contributed by atoms with E-state index < -0.39 is 0 Å². The van der Waals surface area contributed by atoms with E-state index in [2.05, 4.69) is 112 Å². The summed E-state index contributed by atoms with van der Waals surface area (Å²) in [4.78, 5) is 9.53. The first kappa shape index (κ1) is 36.9. The van der Waals surface area contributed by atoms with Gasteiger partial charge in [0.2, 0.25) is 0 Å². The molecule has 1 heterocycles. The number of piperazine rings is 1. The molecule has 1 aliphatic rings. The maximum absolute atomic E-state index is 4.48. The van der Waals surface area contributed by atoms with Crippen LogP contribution in [0.3, 0.4) is 0 Å². The Morgan fingerprint density at radius 2 is 1.57 bits per heavy atom. The van der Waals surface area contributed by atoms with Crippen molar-refractivity contribution in [2.24, 2.45) is 10.9 Å². The third kappa shape index (κ3) is 14.7. The van der Waals surface area contributed by atoms with Gasteiger partial charge in [-0.2, -0.15) is 0 Å². The second-order valence-corrected chi connectivity index (χ2v) is 11.8. The number of hydrogen-bond acceptors (Lipinski definition) is 4. The lowest BCUT2D eigenvalue weighted by molar-refractivity contribution is 0.193. The maximum Gasteiger partial charge on any atom is 0.123 e. The Balaban J connectivity index is 0.000000619. The molecule has 1 aliphatic heterocycles. The molecule has 0 spiro atoms. The molecule has 1 fully saturated rings. The van der Waals surface area contributed by atoms with E-state index in [1.54, 1.807) is 0 Å². The van der Waals surface area contributed by atoms with Crippen LogP contribution in [0.15, 0.2) is 102 Å². The Bertz CT molecular complexity index is 1060. The second-order valence-electron chi connectivity index (χ2n) is 11.8. The van der Waals surface area contributed by atoms with E-state index in [4.69, 9.17) is 0 Å². The van der Waals surface area contributed by atoms with Crippen LogP contribution in [0.25, 0.3) is 0 Å². The minimum Gasteiger partial charge on any atom is -0.369 e. The molecule has 1 N–H and O–H groups in total. The molecule has 2 atom stereocenters. The average Bonchev–Trinajstić information content (AvgIpc) is 2.99. The third-order valence-electron chi connectivity index (χ3n) is 7.97. The zero-order valence-electron chi connectivity index (χ0n) is 28.0. The smallest absolute Gasteiger partial charge is 0.123 e. The number of anilines is 2. The molecule has 1 aromatic carbocycles. The van der Waals surface area contributed by atoms with Crippen LogP contribution in [0, 0.1) is 5.92 Å². The van der Waals surface area contributed by atoms with Gasteiger partial charge in [-0.15, -0.1) is 0 Å². The zero-order chi connectivity index (χ0) is 31.5. The molecule has 0 aromatic heterocycles. The van der Waals surface area contributed by atoms with Gasteiger partial charge in [0.15, 0.2) is 0 Å². The van der Waals surface area contributed by atoms with Gasteiger partial charge in [0.25, 0.3) is 0 Å². The van der Waals surface area contributed by atoms with Crippen LogP contribution in [0.2, 0.25) is 0 Å². The van der Waals surface area contributed by atoms with Gasteiger partial charge in [-0.3, -0.25) is 4.90 Å². The highest BCUT2D eigenvalue weighted by Crippen LogP contribution is 2.22. The van der Waals surface area contributed by atoms with Gasteiger partial charge in [-0.05, 0) is 82.7 Å². The van der Waals surface area contributed by atoms with Gasteiger partial charge < -0.3 is 10.2 Å². The largest absolute Gasteiger partial charge is 0.369 e. The first-order valence-electron chi connectivity index (χ1n) is 15.9. The van der Waals surface area contributed by atoms with E-state index in [1.807, 2.05) is 31.4 Å². The monoisotopic (exact) mass is 572 g/mol. The minimum atomic E-state index is 0.618. The Labute approximate surface area is 259 Å². The molecule has 1 saturated heterocycles. The first-order chi connectivity index (χ1) is 20.0. The van der Waals surface area contributed by atoms with Crippen molar-refractivity contribution in [3.05, 3.63) is 96.9 Å². The number of benzene rings is 1. The lowest BCUT2D eigenvalue weighted by Crippen LogP contribution is -2.49. The fraction of sp³-hybridized carbons (Fsp3) is 0.500. The summed E-state index contributed by atoms with van der Waals surface area (Å²) in [5.41, 5.74) is 6.73. The molecule has 232 valence electrons. The zero-order valence-corrected chi connectivity index (χ0v) is 28.0. The quantitative estimate of drug-likeness (QED) is 0.158. The lowest BCUT2D eigenvalue weighted by atomic mass is 9.93. The van der Waals surface area contributed by atoms with Crippen LogP contribution in [-0.2, 0) is 0 Å². The van der Waals surface area contributed by atoms with Crippen molar-refractivity contribution in [2.45, 2.75) is 93.0 Å². The summed E-state index contributed by atoms with van der Waals surface area (Å²) in [6, 6.07) is 9.22. The van der Waals surface area contributed by atoms with Crippen molar-refractivity contribution in [1.29, 1.82) is 0 Å². The highest BCUT2D eigenvalue weighted by Gasteiger charge is 2.20. The van der Waals surface area contributed by atoms with Crippen molar-refractivity contribution < 1.29 is 0 Å². The first-order valence-corrected chi connectivity index (χ1v) is 15.9. The fourth-order valence-corrected chi connectivity index (χ4v) is 4.80. The second kappa shape index (κ2) is 20.7. The molecule has 4 nitrogen and oxygen atoms in total. The molecule has 0 saturated carbocycles. The Hall–Kier alpha value is -3.11. The number of nitrogens with zero attached hydrogens (tertiary/aromatic N) is 3. The third-order valence-corrected chi connectivity index (χ3v) is 7.97. The summed E-state index contributed by atoms with van der Waals surface area (Å²) in [5.74, 6) is 1.51. The van der Waals surface area contributed by atoms with Crippen LogP contribution in [-0.4, -0.2) is 43.3 Å². The number of allylic oxidation sites excluding steroid dienone is 7. The van der Waals surface area contributed by atoms with Crippen molar-refractivity contribution in [2.75, 3.05) is 36.4 Å². The molecule has 2 rings (SSSR count). The van der Waals surface area contributed by atoms with Crippen LogP contribution in [0.1, 0.15) is 87.0 Å². The number of rotatable bonds is 16. The average molecular weight is 573 g/mol. The normalized spacial score (nSPS) is 15.1. The summed E-state index contributed by atoms with van der Waals surface area (Å²) >= 11 is 0. The van der Waals surface area contributed by atoms with Crippen molar-refractivity contribution >= 4 is 17.6 Å². The van der Waals surface area contributed by atoms with Crippen LogP contribution < -0.4 is 10.2 Å². The fourth-order valence-electron chi connectivity index (χ4n) is 4.80. The van der Waals surface area contributed by atoms with Crippen LogP contribution in [0.5, 0.6) is 0 Å². The summed E-state index contributed by atoms with van der Waals surface area (Å²) in [6.07, 6.45) is 15.3. The molecular weight excluding hydrogens is 512 g/mol. The number of nitrogens with one attached hydrogen (secondary N) is 1. The minimum absolute atomic E-state index is 0.618. The maximum atomic E-state index is 4.48. The van der Waals surface area contributed by atoms with Gasteiger partial charge in [0.1, 0.15) is 5.82 Å². The summed E-state index contributed by atoms with van der Waals surface area (Å²) in [7, 11) is 0. The molecule has 0 aliphatic carbocycles. The summed E-state index contributed by atoms with van der Waals surface area (Å²) in [6.45, 7) is 35.2. The SMILES string of the molecule is C=C(C)/C=C\C(/C=N\C(=C)Nc1ccc(N2CCN(C(C)CC)CC2)cc1)=C(C)C.C=CC(=C)CCC(CC)CCC. The molecule has 1 aromatic rings. The van der Waals surface area contributed by atoms with Gasteiger partial charge in [0.05, 0.1) is 0 Å². The molecule has 4 heteroatoms. The number of aliphatic imine (C=N–C) groups is 1. The van der Waals surface area contributed by atoms with E-state index in [-0.39, 0.29) is 0 Å². The van der Waals surface area contributed by atoms with E-state index in [0.29, 0.717) is 11.9 Å². The van der Waals surface area contributed by atoms with Crippen LogP contribution in [0.4, 0.5) is 11.4 Å². The lowest BCUT2D eigenvalue weighted by Gasteiger charge is -2.39. The molecule has 0 amide bonds. The molecular formula is C38H60N4. The van der Waals surface area contributed by atoms with Crippen molar-refractivity contribution in [3.8, 4) is 0 Å². The summed E-state index contributed by atoms with van der Waals surface area (Å²) in [5, 5.41) is 3.28. The highest BCUT2D eigenvalue weighted by atomic mass is 15.3. The van der Waals surface area contributed by atoms with E-state index >= 15 is 0 Å². The van der Waals surface area contributed by atoms with E-state index in [0.717, 1.165) is 55.4 Å². The molecule has 0 radical (unpaired) electrons. The number of hydrogen-bond donors (Lipinski definition) is 1. The molecule has 42 heavy (non-hydrogen) atoms. The van der Waals surface area contributed by atoms with E-state index in [9.17, 15) is 0 Å². The highest BCUT2D eigenvalue weighted by molar-refractivity contribution is 5.84. The predicted octanol–water partition coefficient (Wildman–Crippen LogP) is 10.4. The van der Waals surface area contributed by atoms with Crippen molar-refractivity contribution in [3.63, 3.8) is 0 Å². The Kier molecular flexibility index (Phi) is 18.2. The standard InChI is InChI=1S/C26H38N4.C12H22/c1-8-22(6)29-15-17-30(18-16-29)26-13-11-25(12-14-26)28-23(7)27-19-24(21(4)5)10-9-20(2)3;1-5-8-12(7-3)10-9-11(4)6-2/h9-14,19,22,28H,2,7-8,15-18H2,1,3-6H3;6,12H,2,4-5,7-10H2,1,3H3/b10-9-,27-19-;. The van der Waals surface area contributed by atoms with E-state index in [1.165, 1.54) is 48.9 Å². The predicted molar refractivity (Wildman–Crippen MR) is 191 cm³/mol. The van der Waals surface area contributed by atoms with Crippen LogP contribution >= 0.6 is 0 Å². The Morgan fingerprint density at radius 1 is 0.929 bits per heavy atom. The van der Waals surface area contributed by atoms with Gasteiger partial charge in [0, 0.05) is 49.8 Å². The summed E-state index contributed by atoms with van der Waals surface area (Å²) < 4.78 is 0.